The standard InChI is InChI=1S/C25H27ClF2N2O2/c1-3-25(27,28)24(29)12-10-23(11-13-24)21(31)20(22(32)30-23)19-14-17(5-4-15(19)2)16-6-8-18(26)9-7-16/h4-9,14,20H,3,10-13,29H2,1-2H3,(H,30,32). The van der Waals surface area contributed by atoms with Crippen molar-refractivity contribution in [3.63, 3.8) is 0 Å². The van der Waals surface area contributed by atoms with Crippen molar-refractivity contribution in [1.82, 2.24) is 5.32 Å². The Morgan fingerprint density at radius 3 is 2.25 bits per heavy atom. The van der Waals surface area contributed by atoms with E-state index in [-0.39, 0.29) is 43.8 Å². The molecule has 0 aromatic heterocycles. The van der Waals surface area contributed by atoms with Crippen molar-refractivity contribution < 1.29 is 18.4 Å². The van der Waals surface area contributed by atoms with Crippen LogP contribution in [0.2, 0.25) is 5.02 Å². The first kappa shape index (κ1) is 22.9. The maximum absolute atomic E-state index is 14.4. The maximum atomic E-state index is 14.4. The average molecular weight is 461 g/mol. The number of benzene rings is 2. The number of carbonyl (C=O) groups is 2. The highest BCUT2D eigenvalue weighted by molar-refractivity contribution is 6.30. The molecule has 1 saturated carbocycles. The summed E-state index contributed by atoms with van der Waals surface area (Å²) in [5, 5.41) is 3.48. The van der Waals surface area contributed by atoms with Crippen LogP contribution in [0.15, 0.2) is 42.5 Å². The first-order valence-electron chi connectivity index (χ1n) is 10.9. The van der Waals surface area contributed by atoms with Gasteiger partial charge in [0.25, 0.3) is 5.92 Å². The van der Waals surface area contributed by atoms with Gasteiger partial charge in [0.15, 0.2) is 5.78 Å². The Morgan fingerprint density at radius 2 is 1.66 bits per heavy atom. The molecule has 4 rings (SSSR count). The Bertz CT molecular complexity index is 1060. The first-order chi connectivity index (χ1) is 15.0. The molecule has 170 valence electrons. The molecule has 0 bridgehead atoms. The monoisotopic (exact) mass is 460 g/mol. The molecule has 7 heteroatoms. The molecule has 1 spiro atoms. The Kier molecular flexibility index (Phi) is 5.66. The number of hydrogen-bond acceptors (Lipinski definition) is 3. The number of hydrogen-bond donors (Lipinski definition) is 2. The largest absolute Gasteiger partial charge is 0.343 e. The minimum atomic E-state index is -3.01. The second-order valence-electron chi connectivity index (χ2n) is 9.16. The molecule has 2 aromatic rings. The van der Waals surface area contributed by atoms with Gasteiger partial charge in [-0.15, -0.1) is 0 Å². The van der Waals surface area contributed by atoms with Crippen molar-refractivity contribution in [3.8, 4) is 11.1 Å². The third-order valence-corrected chi connectivity index (χ3v) is 7.55. The van der Waals surface area contributed by atoms with Crippen LogP contribution in [0, 0.1) is 6.92 Å². The molecule has 1 atom stereocenters. The van der Waals surface area contributed by atoms with Crippen LogP contribution in [0.5, 0.6) is 0 Å². The number of alkyl halides is 2. The summed E-state index contributed by atoms with van der Waals surface area (Å²) in [5.41, 5.74) is 6.54. The third kappa shape index (κ3) is 3.63. The Morgan fingerprint density at radius 1 is 1.06 bits per heavy atom. The molecular weight excluding hydrogens is 434 g/mol. The third-order valence-electron chi connectivity index (χ3n) is 7.29. The van der Waals surface area contributed by atoms with Crippen molar-refractivity contribution in [2.45, 2.75) is 68.9 Å². The fourth-order valence-corrected chi connectivity index (χ4v) is 5.16. The zero-order valence-corrected chi connectivity index (χ0v) is 18.9. The van der Waals surface area contributed by atoms with E-state index in [1.54, 1.807) is 12.1 Å². The molecule has 1 unspecified atom stereocenters. The van der Waals surface area contributed by atoms with Gasteiger partial charge in [-0.25, -0.2) is 8.78 Å². The Hall–Kier alpha value is -2.31. The lowest BCUT2D eigenvalue weighted by molar-refractivity contribution is -0.129. The van der Waals surface area contributed by atoms with E-state index in [1.165, 1.54) is 6.92 Å². The number of nitrogens with two attached hydrogens (primary N) is 1. The fourth-order valence-electron chi connectivity index (χ4n) is 5.03. The van der Waals surface area contributed by atoms with E-state index >= 15 is 0 Å². The molecule has 1 heterocycles. The summed E-state index contributed by atoms with van der Waals surface area (Å²) in [7, 11) is 0. The first-order valence-corrected chi connectivity index (χ1v) is 11.3. The van der Waals surface area contributed by atoms with E-state index in [0.29, 0.717) is 10.6 Å². The molecular formula is C25H27ClF2N2O2. The summed E-state index contributed by atoms with van der Waals surface area (Å²) in [5.74, 6) is -4.60. The van der Waals surface area contributed by atoms with Gasteiger partial charge in [0.1, 0.15) is 5.92 Å². The fraction of sp³-hybridized carbons (Fsp3) is 0.440. The van der Waals surface area contributed by atoms with Crippen LogP contribution in [0.25, 0.3) is 11.1 Å². The summed E-state index contributed by atoms with van der Waals surface area (Å²) in [4.78, 5) is 26.5. The number of nitrogens with one attached hydrogen (secondary N) is 1. The van der Waals surface area contributed by atoms with E-state index in [0.717, 1.165) is 16.7 Å². The van der Waals surface area contributed by atoms with Gasteiger partial charge in [-0.3, -0.25) is 9.59 Å². The molecule has 2 fully saturated rings. The molecule has 32 heavy (non-hydrogen) atoms. The summed E-state index contributed by atoms with van der Waals surface area (Å²) in [6.07, 6.45) is -0.144. The second kappa shape index (κ2) is 7.92. The molecule has 3 N–H and O–H groups in total. The van der Waals surface area contributed by atoms with Gasteiger partial charge in [0, 0.05) is 11.4 Å². The van der Waals surface area contributed by atoms with Crippen LogP contribution in [0.4, 0.5) is 8.78 Å². The number of rotatable bonds is 4. The van der Waals surface area contributed by atoms with E-state index < -0.39 is 22.9 Å². The number of ketones is 1. The molecule has 2 aliphatic rings. The zero-order valence-electron chi connectivity index (χ0n) is 18.2. The quantitative estimate of drug-likeness (QED) is 0.619. The summed E-state index contributed by atoms with van der Waals surface area (Å²) >= 11 is 5.98. The van der Waals surface area contributed by atoms with Crippen molar-refractivity contribution in [2.24, 2.45) is 5.73 Å². The minimum absolute atomic E-state index is 0.0175. The minimum Gasteiger partial charge on any atom is -0.343 e. The van der Waals surface area contributed by atoms with Crippen molar-refractivity contribution >= 4 is 23.3 Å². The van der Waals surface area contributed by atoms with Crippen LogP contribution in [-0.4, -0.2) is 28.7 Å². The molecule has 2 aromatic carbocycles. The van der Waals surface area contributed by atoms with Crippen LogP contribution in [0.1, 0.15) is 56.1 Å². The van der Waals surface area contributed by atoms with Crippen LogP contribution >= 0.6 is 11.6 Å². The molecule has 4 nitrogen and oxygen atoms in total. The van der Waals surface area contributed by atoms with Gasteiger partial charge in [0.05, 0.1) is 11.1 Å². The van der Waals surface area contributed by atoms with Crippen molar-refractivity contribution in [2.75, 3.05) is 0 Å². The van der Waals surface area contributed by atoms with Crippen molar-refractivity contribution in [1.29, 1.82) is 0 Å². The lowest BCUT2D eigenvalue weighted by Gasteiger charge is -2.45. The van der Waals surface area contributed by atoms with Crippen LogP contribution < -0.4 is 11.1 Å². The van der Waals surface area contributed by atoms with Crippen LogP contribution in [-0.2, 0) is 9.59 Å². The summed E-state index contributed by atoms with van der Waals surface area (Å²) < 4.78 is 28.8. The number of aryl methyl sites for hydroxylation is 1. The van der Waals surface area contributed by atoms with Crippen molar-refractivity contribution in [3.05, 3.63) is 58.6 Å². The van der Waals surface area contributed by atoms with Gasteiger partial charge < -0.3 is 11.1 Å². The molecule has 1 aliphatic heterocycles. The maximum Gasteiger partial charge on any atom is 0.265 e. The SMILES string of the molecule is CCC(F)(F)C1(N)CCC2(CC1)NC(=O)C(c1cc(-c3ccc(Cl)cc3)ccc1C)C2=O. The molecule has 0 radical (unpaired) electrons. The predicted octanol–water partition coefficient (Wildman–Crippen LogP) is 5.15. The highest BCUT2D eigenvalue weighted by Crippen LogP contribution is 2.47. The topological polar surface area (TPSA) is 72.2 Å². The Labute approximate surface area is 191 Å². The normalized spacial score (nSPS) is 28.2. The van der Waals surface area contributed by atoms with E-state index in [4.69, 9.17) is 17.3 Å². The number of amides is 1. The number of carbonyl (C=O) groups excluding carboxylic acids is 2. The second-order valence-corrected chi connectivity index (χ2v) is 9.60. The van der Waals surface area contributed by atoms with Gasteiger partial charge >= 0.3 is 0 Å². The van der Waals surface area contributed by atoms with Gasteiger partial charge in [-0.1, -0.05) is 42.8 Å². The van der Waals surface area contributed by atoms with Gasteiger partial charge in [-0.05, 0) is 73.1 Å². The van der Waals surface area contributed by atoms with Gasteiger partial charge in [-0.2, -0.15) is 0 Å². The lowest BCUT2D eigenvalue weighted by atomic mass is 9.67. The average Bonchev–Trinajstić information content (AvgIpc) is 3.01. The van der Waals surface area contributed by atoms with E-state index in [2.05, 4.69) is 5.32 Å². The summed E-state index contributed by atoms with van der Waals surface area (Å²) in [6.45, 7) is 3.27. The molecule has 1 amide bonds. The number of halogens is 3. The lowest BCUT2D eigenvalue weighted by Crippen LogP contribution is -2.62. The highest BCUT2D eigenvalue weighted by Gasteiger charge is 2.60. The zero-order chi connectivity index (χ0) is 23.3. The van der Waals surface area contributed by atoms with Crippen LogP contribution in [0.3, 0.4) is 0 Å². The highest BCUT2D eigenvalue weighted by atomic mass is 35.5. The summed E-state index contributed by atoms with van der Waals surface area (Å²) in [6, 6.07) is 13.0. The van der Waals surface area contributed by atoms with E-state index in [1.807, 2.05) is 37.3 Å². The Balaban J connectivity index is 1.63. The molecule has 1 aliphatic carbocycles. The number of Topliss-reactive ketones (excluding diaryl/α,β-unsaturated/α-hetero) is 1. The smallest absolute Gasteiger partial charge is 0.265 e. The predicted molar refractivity (Wildman–Crippen MR) is 121 cm³/mol. The molecule has 1 saturated heterocycles. The van der Waals surface area contributed by atoms with E-state index in [9.17, 15) is 18.4 Å². The van der Waals surface area contributed by atoms with Gasteiger partial charge in [0.2, 0.25) is 5.91 Å².